The van der Waals surface area contributed by atoms with Gasteiger partial charge in [-0.2, -0.15) is 0 Å². The summed E-state index contributed by atoms with van der Waals surface area (Å²) in [5.74, 6) is -2.37. The molecule has 0 aliphatic carbocycles. The van der Waals surface area contributed by atoms with Crippen molar-refractivity contribution in [2.24, 2.45) is 0 Å². The van der Waals surface area contributed by atoms with Gasteiger partial charge in [0, 0.05) is 17.4 Å². The van der Waals surface area contributed by atoms with Gasteiger partial charge in [-0.05, 0) is 13.8 Å². The van der Waals surface area contributed by atoms with Gasteiger partial charge in [0.25, 0.3) is 0 Å². The first kappa shape index (κ1) is 18.2. The van der Waals surface area contributed by atoms with Crippen molar-refractivity contribution >= 4 is 11.9 Å². The maximum atomic E-state index is 9.45. The molecule has 4 N–H and O–H groups in total. The van der Waals surface area contributed by atoms with Gasteiger partial charge < -0.3 is 20.4 Å². The fourth-order valence-electron chi connectivity index (χ4n) is 0. The summed E-state index contributed by atoms with van der Waals surface area (Å²) in [7, 11) is 0. The molecule has 78 valence electrons. The van der Waals surface area contributed by atoms with Crippen LogP contribution in [0.5, 0.6) is 0 Å². The SMILES string of the molecule is CC(O)C(=O)O.CC(O)C(=O)O.[Cr]. The van der Waals surface area contributed by atoms with Crippen LogP contribution in [0, 0.1) is 0 Å². The largest absolute Gasteiger partial charge is 0.479 e. The zero-order chi connectivity index (χ0) is 10.3. The second kappa shape index (κ2) is 9.48. The van der Waals surface area contributed by atoms with Gasteiger partial charge >= 0.3 is 11.9 Å². The van der Waals surface area contributed by atoms with Crippen LogP contribution < -0.4 is 0 Å². The standard InChI is InChI=1S/2C3H6O3.Cr/c2*1-2(4)3(5)6;/h2*2,4H,1H3,(H,5,6);. The Bertz CT molecular complexity index is 137. The minimum atomic E-state index is -1.23. The fraction of sp³-hybridized carbons (Fsp3) is 0.667. The first-order valence-corrected chi connectivity index (χ1v) is 3.10. The van der Waals surface area contributed by atoms with E-state index in [-0.39, 0.29) is 17.4 Å². The smallest absolute Gasteiger partial charge is 0.332 e. The number of rotatable bonds is 2. The molecule has 2 atom stereocenters. The van der Waals surface area contributed by atoms with E-state index in [0.717, 1.165) is 0 Å². The van der Waals surface area contributed by atoms with Crippen LogP contribution in [0.15, 0.2) is 0 Å². The Labute approximate surface area is 85.9 Å². The number of aliphatic carboxylic acids is 2. The number of hydrogen-bond donors (Lipinski definition) is 4. The van der Waals surface area contributed by atoms with Crippen LogP contribution in [0.25, 0.3) is 0 Å². The molecular weight excluding hydrogens is 220 g/mol. The van der Waals surface area contributed by atoms with Crippen molar-refractivity contribution in [3.8, 4) is 0 Å². The molecular formula is C6H12CrO6. The Hall–Kier alpha value is -0.608. The predicted octanol–water partition coefficient (Wildman–Crippen LogP) is -1.10. The van der Waals surface area contributed by atoms with E-state index >= 15 is 0 Å². The van der Waals surface area contributed by atoms with Gasteiger partial charge in [0.15, 0.2) is 0 Å². The normalized spacial score (nSPS) is 12.6. The van der Waals surface area contributed by atoms with Crippen LogP contribution in [0.2, 0.25) is 0 Å². The molecule has 0 aliphatic heterocycles. The van der Waals surface area contributed by atoms with Gasteiger partial charge in [0.05, 0.1) is 0 Å². The first-order chi connectivity index (χ1) is 5.29. The first-order valence-electron chi connectivity index (χ1n) is 3.10. The molecule has 0 bridgehead atoms. The molecule has 0 aliphatic rings. The fourth-order valence-corrected chi connectivity index (χ4v) is 0. The topological polar surface area (TPSA) is 115 Å². The number of carboxylic acid groups (broad SMARTS) is 2. The molecule has 0 aromatic rings. The van der Waals surface area contributed by atoms with Crippen molar-refractivity contribution < 1.29 is 47.4 Å². The number of aliphatic hydroxyl groups excluding tert-OH is 2. The summed E-state index contributed by atoms with van der Waals surface area (Å²) in [5.41, 5.74) is 0. The zero-order valence-electron chi connectivity index (χ0n) is 7.17. The average molecular weight is 232 g/mol. The van der Waals surface area contributed by atoms with Crippen LogP contribution in [0.4, 0.5) is 0 Å². The van der Waals surface area contributed by atoms with Gasteiger partial charge in [-0.25, -0.2) is 9.59 Å². The maximum absolute atomic E-state index is 9.45. The quantitative estimate of drug-likeness (QED) is 0.480. The van der Waals surface area contributed by atoms with E-state index in [9.17, 15) is 9.59 Å². The number of carbonyl (C=O) groups is 2. The van der Waals surface area contributed by atoms with Crippen LogP contribution in [-0.4, -0.2) is 44.6 Å². The molecule has 0 spiro atoms. The summed E-state index contributed by atoms with van der Waals surface area (Å²) in [6, 6.07) is 0. The Balaban J connectivity index is -0.000000143. The molecule has 0 saturated heterocycles. The molecule has 7 heteroatoms. The van der Waals surface area contributed by atoms with Crippen molar-refractivity contribution in [1.82, 2.24) is 0 Å². The predicted molar refractivity (Wildman–Crippen MR) is 38.6 cm³/mol. The summed E-state index contributed by atoms with van der Waals surface area (Å²) in [4.78, 5) is 18.9. The molecule has 0 amide bonds. The number of aliphatic hydroxyl groups is 2. The summed E-state index contributed by atoms with van der Waals surface area (Å²) in [6.07, 6.45) is -2.46. The Morgan fingerprint density at radius 1 is 0.923 bits per heavy atom. The average Bonchev–Trinajstić information content (AvgIpc) is 1.88. The second-order valence-corrected chi connectivity index (χ2v) is 2.03. The molecule has 2 unspecified atom stereocenters. The van der Waals surface area contributed by atoms with Gasteiger partial charge in [-0.3, -0.25) is 0 Å². The van der Waals surface area contributed by atoms with Gasteiger partial charge in [-0.1, -0.05) is 0 Å². The molecule has 13 heavy (non-hydrogen) atoms. The molecule has 0 saturated carbocycles. The van der Waals surface area contributed by atoms with Crippen LogP contribution in [-0.2, 0) is 27.0 Å². The van der Waals surface area contributed by atoms with E-state index < -0.39 is 24.1 Å². The number of carboxylic acids is 2. The maximum Gasteiger partial charge on any atom is 0.332 e. The molecule has 0 heterocycles. The molecule has 0 rings (SSSR count). The summed E-state index contributed by atoms with van der Waals surface area (Å²) < 4.78 is 0. The van der Waals surface area contributed by atoms with E-state index in [1.165, 1.54) is 13.8 Å². The third-order valence-electron chi connectivity index (χ3n) is 0.715. The monoisotopic (exact) mass is 232 g/mol. The Kier molecular flexibility index (Phi) is 13.3. The van der Waals surface area contributed by atoms with E-state index in [0.29, 0.717) is 0 Å². The Morgan fingerprint density at radius 3 is 1.00 bits per heavy atom. The summed E-state index contributed by atoms with van der Waals surface area (Å²) in [5, 5.41) is 31.5. The third-order valence-corrected chi connectivity index (χ3v) is 0.715. The van der Waals surface area contributed by atoms with Crippen molar-refractivity contribution in [1.29, 1.82) is 0 Å². The Morgan fingerprint density at radius 2 is 1.00 bits per heavy atom. The molecule has 0 aromatic heterocycles. The van der Waals surface area contributed by atoms with E-state index in [1.807, 2.05) is 0 Å². The minimum Gasteiger partial charge on any atom is -0.479 e. The second-order valence-electron chi connectivity index (χ2n) is 2.03. The van der Waals surface area contributed by atoms with Crippen LogP contribution >= 0.6 is 0 Å². The van der Waals surface area contributed by atoms with Crippen molar-refractivity contribution in [3.05, 3.63) is 0 Å². The minimum absolute atomic E-state index is 0. The van der Waals surface area contributed by atoms with E-state index in [2.05, 4.69) is 0 Å². The summed E-state index contributed by atoms with van der Waals surface area (Å²) in [6.45, 7) is 2.39. The van der Waals surface area contributed by atoms with Crippen LogP contribution in [0.1, 0.15) is 13.8 Å². The van der Waals surface area contributed by atoms with Crippen molar-refractivity contribution in [3.63, 3.8) is 0 Å². The van der Waals surface area contributed by atoms with Gasteiger partial charge in [0.1, 0.15) is 12.2 Å². The molecule has 0 radical (unpaired) electrons. The van der Waals surface area contributed by atoms with Crippen molar-refractivity contribution in [2.75, 3.05) is 0 Å². The molecule has 0 aromatic carbocycles. The van der Waals surface area contributed by atoms with E-state index in [1.54, 1.807) is 0 Å². The van der Waals surface area contributed by atoms with Crippen molar-refractivity contribution in [2.45, 2.75) is 26.1 Å². The van der Waals surface area contributed by atoms with Gasteiger partial charge in [0.2, 0.25) is 0 Å². The number of hydrogen-bond acceptors (Lipinski definition) is 4. The summed E-state index contributed by atoms with van der Waals surface area (Å²) >= 11 is 0. The van der Waals surface area contributed by atoms with E-state index in [4.69, 9.17) is 20.4 Å². The van der Waals surface area contributed by atoms with Gasteiger partial charge in [-0.15, -0.1) is 0 Å². The molecule has 6 nitrogen and oxygen atoms in total. The third kappa shape index (κ3) is 18.4. The van der Waals surface area contributed by atoms with Crippen LogP contribution in [0.3, 0.4) is 0 Å². The zero-order valence-corrected chi connectivity index (χ0v) is 8.44. The molecule has 0 fully saturated rings.